The first-order valence-corrected chi connectivity index (χ1v) is 10.2. The number of rotatable bonds is 2. The molecule has 0 amide bonds. The summed E-state index contributed by atoms with van der Waals surface area (Å²) >= 11 is 5.53. The van der Waals surface area contributed by atoms with E-state index in [2.05, 4.69) is 13.8 Å². The first-order chi connectivity index (χ1) is 11.4. The molecular formula is C21H30O2S. The van der Waals surface area contributed by atoms with Gasteiger partial charge in [0, 0.05) is 11.3 Å². The highest BCUT2D eigenvalue weighted by molar-refractivity contribution is 7.80. The number of fused-ring (bicyclic) bond motifs is 5. The summed E-state index contributed by atoms with van der Waals surface area (Å²) in [4.78, 5) is 12.8. The lowest BCUT2D eigenvalue weighted by Gasteiger charge is -2.58. The van der Waals surface area contributed by atoms with Gasteiger partial charge in [-0.15, -0.1) is 0 Å². The zero-order chi connectivity index (χ0) is 17.1. The second kappa shape index (κ2) is 5.74. The Bertz CT molecular complexity index is 609. The number of hydrogen-bond donors (Lipinski definition) is 1. The van der Waals surface area contributed by atoms with Crippen LogP contribution < -0.4 is 0 Å². The lowest BCUT2D eigenvalue weighted by atomic mass is 9.47. The summed E-state index contributed by atoms with van der Waals surface area (Å²) in [5, 5.41) is 9.57. The average molecular weight is 347 g/mol. The summed E-state index contributed by atoms with van der Waals surface area (Å²) in [6.45, 7) is 4.96. The Hall–Kier alpha value is -0.540. The SMILES string of the molecule is C[C@]12CC[C@H]3[C@@H](CCC4=CC(=O)CC[C@@]43C)[C@@H]1CC[C@@H]2C(=S)CO. The largest absolute Gasteiger partial charge is 0.391 e. The van der Waals surface area contributed by atoms with Crippen molar-refractivity contribution in [3.63, 3.8) is 0 Å². The van der Waals surface area contributed by atoms with E-state index >= 15 is 0 Å². The van der Waals surface area contributed by atoms with Crippen LogP contribution in [-0.2, 0) is 4.79 Å². The number of carbonyl (C=O) groups is 1. The summed E-state index contributed by atoms with van der Waals surface area (Å²) in [7, 11) is 0. The topological polar surface area (TPSA) is 37.3 Å². The van der Waals surface area contributed by atoms with Crippen LogP contribution in [0.3, 0.4) is 0 Å². The van der Waals surface area contributed by atoms with E-state index in [0.717, 1.165) is 41.9 Å². The maximum Gasteiger partial charge on any atom is 0.155 e. The number of allylic oxidation sites excluding steroid dienone is 1. The normalized spacial score (nSPS) is 47.5. The molecule has 0 heterocycles. The number of thiocarbonyl (C=S) groups is 1. The third-order valence-electron chi connectivity index (χ3n) is 8.51. The maximum atomic E-state index is 11.9. The van der Waals surface area contributed by atoms with Crippen molar-refractivity contribution >= 4 is 22.9 Å². The van der Waals surface area contributed by atoms with Crippen molar-refractivity contribution in [1.29, 1.82) is 0 Å². The van der Waals surface area contributed by atoms with Gasteiger partial charge in [-0.05, 0) is 85.5 Å². The van der Waals surface area contributed by atoms with Gasteiger partial charge in [-0.1, -0.05) is 31.6 Å². The predicted molar refractivity (Wildman–Crippen MR) is 99.9 cm³/mol. The molecule has 0 saturated heterocycles. The minimum Gasteiger partial charge on any atom is -0.391 e. The smallest absolute Gasteiger partial charge is 0.155 e. The molecule has 4 aliphatic rings. The molecule has 0 unspecified atom stereocenters. The first-order valence-electron chi connectivity index (χ1n) is 9.77. The van der Waals surface area contributed by atoms with E-state index in [0.29, 0.717) is 17.1 Å². The van der Waals surface area contributed by atoms with Gasteiger partial charge in [-0.3, -0.25) is 4.79 Å². The van der Waals surface area contributed by atoms with Crippen LogP contribution in [-0.4, -0.2) is 22.4 Å². The Balaban J connectivity index is 1.65. The Morgan fingerprint density at radius 3 is 2.71 bits per heavy atom. The van der Waals surface area contributed by atoms with E-state index < -0.39 is 0 Å². The lowest BCUT2D eigenvalue weighted by Crippen LogP contribution is -2.51. The van der Waals surface area contributed by atoms with Crippen molar-refractivity contribution in [1.82, 2.24) is 0 Å². The van der Waals surface area contributed by atoms with Crippen molar-refractivity contribution in [2.45, 2.75) is 65.2 Å². The maximum absolute atomic E-state index is 11.9. The quantitative estimate of drug-likeness (QED) is 0.748. The van der Waals surface area contributed by atoms with Crippen molar-refractivity contribution < 1.29 is 9.90 Å². The fourth-order valence-corrected chi connectivity index (χ4v) is 7.59. The summed E-state index contributed by atoms with van der Waals surface area (Å²) in [5.41, 5.74) is 2.00. The second-order valence-corrected chi connectivity index (χ2v) is 9.79. The highest BCUT2D eigenvalue weighted by Crippen LogP contribution is 2.66. The highest BCUT2D eigenvalue weighted by atomic mass is 32.1. The molecule has 24 heavy (non-hydrogen) atoms. The fraction of sp³-hybridized carbons (Fsp3) is 0.810. The van der Waals surface area contributed by atoms with Crippen LogP contribution in [0, 0.1) is 34.5 Å². The van der Waals surface area contributed by atoms with Crippen molar-refractivity contribution in [2.24, 2.45) is 34.5 Å². The third-order valence-corrected chi connectivity index (χ3v) is 8.92. The molecule has 4 rings (SSSR count). The van der Waals surface area contributed by atoms with Gasteiger partial charge in [0.2, 0.25) is 0 Å². The van der Waals surface area contributed by atoms with Crippen LogP contribution in [0.25, 0.3) is 0 Å². The molecule has 4 aliphatic carbocycles. The van der Waals surface area contributed by atoms with Gasteiger partial charge in [0.1, 0.15) is 0 Å². The fourth-order valence-electron chi connectivity index (χ4n) is 7.20. The predicted octanol–water partition coefficient (Wildman–Crippen LogP) is 4.50. The van der Waals surface area contributed by atoms with Crippen LogP contribution in [0.2, 0.25) is 0 Å². The molecule has 3 saturated carbocycles. The molecular weight excluding hydrogens is 316 g/mol. The Morgan fingerprint density at radius 2 is 1.96 bits per heavy atom. The molecule has 0 spiro atoms. The average Bonchev–Trinajstić information content (AvgIpc) is 2.92. The van der Waals surface area contributed by atoms with E-state index in [4.69, 9.17) is 12.2 Å². The summed E-state index contributed by atoms with van der Waals surface area (Å²) < 4.78 is 0. The molecule has 0 radical (unpaired) electrons. The lowest BCUT2D eigenvalue weighted by molar-refractivity contribution is -0.117. The molecule has 0 aliphatic heterocycles. The summed E-state index contributed by atoms with van der Waals surface area (Å²) in [6.07, 6.45) is 11.1. The van der Waals surface area contributed by atoms with Crippen LogP contribution in [0.15, 0.2) is 11.6 Å². The van der Waals surface area contributed by atoms with Gasteiger partial charge in [0.05, 0.1) is 6.61 Å². The third kappa shape index (κ3) is 2.23. The number of hydrogen-bond acceptors (Lipinski definition) is 3. The van der Waals surface area contributed by atoms with Gasteiger partial charge >= 0.3 is 0 Å². The van der Waals surface area contributed by atoms with Gasteiger partial charge in [0.25, 0.3) is 0 Å². The molecule has 3 fully saturated rings. The first kappa shape index (κ1) is 16.9. The van der Waals surface area contributed by atoms with Gasteiger partial charge < -0.3 is 5.11 Å². The highest BCUT2D eigenvalue weighted by Gasteiger charge is 2.59. The van der Waals surface area contributed by atoms with Crippen LogP contribution >= 0.6 is 12.2 Å². The monoisotopic (exact) mass is 346 g/mol. The van der Waals surface area contributed by atoms with E-state index in [-0.39, 0.29) is 12.0 Å². The molecule has 0 aromatic rings. The Morgan fingerprint density at radius 1 is 1.17 bits per heavy atom. The molecule has 0 bridgehead atoms. The molecule has 6 atom stereocenters. The van der Waals surface area contributed by atoms with Gasteiger partial charge in [-0.25, -0.2) is 0 Å². The van der Waals surface area contributed by atoms with Gasteiger partial charge in [0.15, 0.2) is 5.78 Å². The van der Waals surface area contributed by atoms with Crippen LogP contribution in [0.4, 0.5) is 0 Å². The minimum absolute atomic E-state index is 0.0725. The van der Waals surface area contributed by atoms with E-state index in [1.165, 1.54) is 37.7 Å². The van der Waals surface area contributed by atoms with Crippen LogP contribution in [0.1, 0.15) is 65.2 Å². The molecule has 3 heteroatoms. The molecule has 1 N–H and O–H groups in total. The Labute approximate surface area is 151 Å². The molecule has 2 nitrogen and oxygen atoms in total. The van der Waals surface area contributed by atoms with Crippen molar-refractivity contribution in [3.8, 4) is 0 Å². The van der Waals surface area contributed by atoms with Crippen molar-refractivity contribution in [2.75, 3.05) is 6.61 Å². The minimum atomic E-state index is 0.0725. The van der Waals surface area contributed by atoms with Crippen molar-refractivity contribution in [3.05, 3.63) is 11.6 Å². The second-order valence-electron chi connectivity index (χ2n) is 9.27. The molecule has 132 valence electrons. The van der Waals surface area contributed by atoms with Gasteiger partial charge in [-0.2, -0.15) is 0 Å². The Kier molecular flexibility index (Phi) is 4.04. The van der Waals surface area contributed by atoms with Crippen LogP contribution in [0.5, 0.6) is 0 Å². The number of ketones is 1. The van der Waals surface area contributed by atoms with E-state index in [9.17, 15) is 9.90 Å². The zero-order valence-electron chi connectivity index (χ0n) is 15.0. The van der Waals surface area contributed by atoms with E-state index in [1.807, 2.05) is 6.08 Å². The zero-order valence-corrected chi connectivity index (χ0v) is 15.8. The molecule has 0 aromatic heterocycles. The molecule has 0 aromatic carbocycles. The number of aliphatic hydroxyl groups is 1. The summed E-state index contributed by atoms with van der Waals surface area (Å²) in [6, 6.07) is 0. The van der Waals surface area contributed by atoms with E-state index in [1.54, 1.807) is 0 Å². The standard InChI is InChI=1S/C21H30O2S/c1-20-9-7-14(23)11-13(20)3-4-15-16-5-6-18(19(24)12-22)21(16,2)10-8-17(15)20/h11,15-18,22H,3-10,12H2,1-2H3/t15-,16-,17-,18+,20-,21-/m0/s1. The number of carbonyl (C=O) groups excluding carboxylic acids is 1. The number of aliphatic hydroxyl groups excluding tert-OH is 1. The summed E-state index contributed by atoms with van der Waals surface area (Å²) in [5.74, 6) is 3.05.